The van der Waals surface area contributed by atoms with Crippen LogP contribution in [-0.4, -0.2) is 47.8 Å². The summed E-state index contributed by atoms with van der Waals surface area (Å²) in [4.78, 5) is 27.2. The van der Waals surface area contributed by atoms with Gasteiger partial charge in [-0.1, -0.05) is 29.8 Å². The van der Waals surface area contributed by atoms with Crippen molar-refractivity contribution in [1.29, 1.82) is 0 Å². The van der Waals surface area contributed by atoms with Crippen molar-refractivity contribution >= 4 is 23.4 Å². The number of benzene rings is 1. The van der Waals surface area contributed by atoms with Crippen LogP contribution >= 0.6 is 11.6 Å². The number of carbonyl (C=O) groups excluding carboxylic acids is 2. The molecule has 2 amide bonds. The van der Waals surface area contributed by atoms with Gasteiger partial charge in [0, 0.05) is 47.8 Å². The van der Waals surface area contributed by atoms with Crippen molar-refractivity contribution in [2.24, 2.45) is 11.8 Å². The molecule has 2 heterocycles. The van der Waals surface area contributed by atoms with Gasteiger partial charge in [0.05, 0.1) is 6.04 Å². The van der Waals surface area contributed by atoms with Crippen LogP contribution in [0.3, 0.4) is 0 Å². The number of rotatable bonds is 3. The third-order valence-electron chi connectivity index (χ3n) is 6.02. The number of fused-ring (bicyclic) bond motifs is 1. The topological polar surface area (TPSA) is 88.1 Å². The van der Waals surface area contributed by atoms with Crippen molar-refractivity contribution in [3.05, 3.63) is 52.6 Å². The lowest BCUT2D eigenvalue weighted by Crippen LogP contribution is -2.49. The van der Waals surface area contributed by atoms with Crippen LogP contribution in [0.2, 0.25) is 0 Å². The Bertz CT molecular complexity index is 878. The normalized spacial score (nSPS) is 24.3. The lowest BCUT2D eigenvalue weighted by Gasteiger charge is -2.37. The number of hydrogen-bond acceptors (Lipinski definition) is 5. The smallest absolute Gasteiger partial charge is 0.274 e. The molecule has 3 aliphatic rings. The average molecular weight is 433 g/mol. The predicted molar refractivity (Wildman–Crippen MR) is 110 cm³/mol. The SMILES string of the molecule is O=C(NO)c1ccc2c(c1)OC[C@H](C1C=CC(Cl)=CC1)N(C(=O)C1CCOCC1)C2. The summed E-state index contributed by atoms with van der Waals surface area (Å²) >= 11 is 6.10. The maximum atomic E-state index is 13.5. The highest BCUT2D eigenvalue weighted by molar-refractivity contribution is 6.31. The van der Waals surface area contributed by atoms with Gasteiger partial charge in [0.2, 0.25) is 5.91 Å². The van der Waals surface area contributed by atoms with Crippen molar-refractivity contribution in [2.75, 3.05) is 19.8 Å². The lowest BCUT2D eigenvalue weighted by atomic mass is 9.89. The number of carbonyl (C=O) groups is 2. The molecule has 7 nitrogen and oxygen atoms in total. The Morgan fingerprint density at radius 2 is 2.03 bits per heavy atom. The van der Waals surface area contributed by atoms with E-state index in [1.807, 2.05) is 23.1 Å². The first-order chi connectivity index (χ1) is 14.6. The molecule has 1 unspecified atom stereocenters. The van der Waals surface area contributed by atoms with Gasteiger partial charge in [-0.05, 0) is 37.5 Å². The van der Waals surface area contributed by atoms with Gasteiger partial charge < -0.3 is 14.4 Å². The molecule has 1 fully saturated rings. The van der Waals surface area contributed by atoms with Gasteiger partial charge >= 0.3 is 0 Å². The lowest BCUT2D eigenvalue weighted by molar-refractivity contribution is -0.143. The van der Waals surface area contributed by atoms with E-state index in [0.29, 0.717) is 42.7 Å². The summed E-state index contributed by atoms with van der Waals surface area (Å²) in [5.41, 5.74) is 2.77. The number of ether oxygens (including phenoxy) is 2. The second-order valence-electron chi connectivity index (χ2n) is 7.84. The number of hydrogen-bond donors (Lipinski definition) is 2. The van der Waals surface area contributed by atoms with Crippen LogP contribution < -0.4 is 10.2 Å². The highest BCUT2D eigenvalue weighted by Crippen LogP contribution is 2.33. The summed E-state index contributed by atoms with van der Waals surface area (Å²) in [5, 5.41) is 9.61. The quantitative estimate of drug-likeness (QED) is 0.566. The summed E-state index contributed by atoms with van der Waals surface area (Å²) in [6, 6.07) is 4.85. The first-order valence-electron chi connectivity index (χ1n) is 10.2. The Labute approximate surface area is 180 Å². The van der Waals surface area contributed by atoms with E-state index in [9.17, 15) is 9.59 Å². The molecule has 0 aromatic heterocycles. The zero-order chi connectivity index (χ0) is 21.1. The summed E-state index contributed by atoms with van der Waals surface area (Å²) < 4.78 is 11.5. The number of allylic oxidation sites excluding steroid dienone is 3. The van der Waals surface area contributed by atoms with E-state index in [0.717, 1.165) is 24.8 Å². The van der Waals surface area contributed by atoms with E-state index in [1.54, 1.807) is 23.7 Å². The number of nitrogens with one attached hydrogen (secondary N) is 1. The van der Waals surface area contributed by atoms with Gasteiger partial charge in [0.1, 0.15) is 12.4 Å². The maximum absolute atomic E-state index is 13.5. The van der Waals surface area contributed by atoms with Gasteiger partial charge in [-0.25, -0.2) is 5.48 Å². The van der Waals surface area contributed by atoms with Crippen LogP contribution in [-0.2, 0) is 16.1 Å². The van der Waals surface area contributed by atoms with Crippen LogP contribution in [0.5, 0.6) is 5.75 Å². The molecule has 0 bridgehead atoms. The molecule has 0 saturated carbocycles. The van der Waals surface area contributed by atoms with Gasteiger partial charge in [-0.15, -0.1) is 0 Å². The van der Waals surface area contributed by atoms with Crippen LogP contribution in [0.1, 0.15) is 35.2 Å². The number of amides is 2. The monoisotopic (exact) mass is 432 g/mol. The predicted octanol–water partition coefficient (Wildman–Crippen LogP) is 3.02. The summed E-state index contributed by atoms with van der Waals surface area (Å²) in [5.74, 6) is 0.0924. The Hall–Kier alpha value is -2.35. The van der Waals surface area contributed by atoms with Crippen molar-refractivity contribution in [3.8, 4) is 5.75 Å². The van der Waals surface area contributed by atoms with E-state index in [2.05, 4.69) is 0 Å². The Morgan fingerprint density at radius 3 is 2.73 bits per heavy atom. The van der Waals surface area contributed by atoms with Crippen molar-refractivity contribution in [3.63, 3.8) is 0 Å². The first-order valence-corrected chi connectivity index (χ1v) is 10.6. The van der Waals surface area contributed by atoms with E-state index in [-0.39, 0.29) is 23.8 Å². The summed E-state index contributed by atoms with van der Waals surface area (Å²) in [6.07, 6.45) is 8.05. The van der Waals surface area contributed by atoms with Crippen molar-refractivity contribution < 1.29 is 24.3 Å². The van der Waals surface area contributed by atoms with Crippen LogP contribution in [0.15, 0.2) is 41.5 Å². The fourth-order valence-electron chi connectivity index (χ4n) is 4.26. The molecule has 8 heteroatoms. The number of halogens is 1. The molecule has 4 rings (SSSR count). The Balaban J connectivity index is 1.64. The Morgan fingerprint density at radius 1 is 1.23 bits per heavy atom. The van der Waals surface area contributed by atoms with E-state index >= 15 is 0 Å². The van der Waals surface area contributed by atoms with E-state index in [4.69, 9.17) is 26.3 Å². The molecule has 2 N–H and O–H groups in total. The van der Waals surface area contributed by atoms with Gasteiger partial charge in [-0.3, -0.25) is 14.8 Å². The van der Waals surface area contributed by atoms with Crippen LogP contribution in [0, 0.1) is 11.8 Å². The van der Waals surface area contributed by atoms with Crippen molar-refractivity contribution in [1.82, 2.24) is 10.4 Å². The third-order valence-corrected chi connectivity index (χ3v) is 6.30. The van der Waals surface area contributed by atoms with E-state index in [1.165, 1.54) is 0 Å². The average Bonchev–Trinajstić information content (AvgIpc) is 2.98. The minimum atomic E-state index is -0.604. The molecular formula is C22H25ClN2O5. The number of nitrogens with zero attached hydrogens (tertiary/aromatic N) is 1. The second kappa shape index (κ2) is 9.20. The summed E-state index contributed by atoms with van der Waals surface area (Å²) in [6.45, 7) is 1.91. The molecule has 160 valence electrons. The maximum Gasteiger partial charge on any atom is 0.274 e. The summed E-state index contributed by atoms with van der Waals surface area (Å²) in [7, 11) is 0. The molecule has 0 radical (unpaired) electrons. The minimum absolute atomic E-state index is 0.0612. The highest BCUT2D eigenvalue weighted by atomic mass is 35.5. The zero-order valence-electron chi connectivity index (χ0n) is 16.6. The minimum Gasteiger partial charge on any atom is -0.491 e. The van der Waals surface area contributed by atoms with E-state index < -0.39 is 5.91 Å². The van der Waals surface area contributed by atoms with Crippen molar-refractivity contribution in [2.45, 2.75) is 31.8 Å². The van der Waals surface area contributed by atoms with Gasteiger partial charge in [0.15, 0.2) is 0 Å². The second-order valence-corrected chi connectivity index (χ2v) is 8.28. The molecule has 1 aliphatic carbocycles. The molecule has 30 heavy (non-hydrogen) atoms. The molecule has 2 atom stereocenters. The molecular weight excluding hydrogens is 408 g/mol. The zero-order valence-corrected chi connectivity index (χ0v) is 17.3. The van der Waals surface area contributed by atoms with Crippen LogP contribution in [0.25, 0.3) is 0 Å². The van der Waals surface area contributed by atoms with Crippen LogP contribution in [0.4, 0.5) is 0 Å². The largest absolute Gasteiger partial charge is 0.491 e. The molecule has 2 aliphatic heterocycles. The molecule has 1 saturated heterocycles. The molecule has 1 aromatic carbocycles. The van der Waals surface area contributed by atoms with Gasteiger partial charge in [-0.2, -0.15) is 0 Å². The third kappa shape index (κ3) is 4.38. The first kappa shape index (κ1) is 20.9. The molecule has 1 aromatic rings. The van der Waals surface area contributed by atoms with Gasteiger partial charge in [0.25, 0.3) is 5.91 Å². The molecule has 0 spiro atoms. The highest BCUT2D eigenvalue weighted by Gasteiger charge is 2.37. The fourth-order valence-corrected chi connectivity index (χ4v) is 4.42. The standard InChI is InChI=1S/C22H25ClN2O5/c23-18-5-3-14(4-6-18)19-13-30-20-11-16(21(26)24-28)1-2-17(20)12-25(19)22(27)15-7-9-29-10-8-15/h1-3,5-6,11,14-15,19,28H,4,7-10,12-13H2,(H,24,26)/t14?,19-/m1/s1. The fraction of sp³-hybridized carbons (Fsp3) is 0.455. The number of hydroxylamine groups is 1. The Kier molecular flexibility index (Phi) is 6.41.